The van der Waals surface area contributed by atoms with Gasteiger partial charge in [-0.2, -0.15) is 18.3 Å². The monoisotopic (exact) mass is 395 g/mol. The zero-order chi connectivity index (χ0) is 20.1. The van der Waals surface area contributed by atoms with E-state index in [1.165, 1.54) is 12.1 Å². The van der Waals surface area contributed by atoms with Gasteiger partial charge < -0.3 is 5.32 Å². The molecule has 1 aromatic heterocycles. The van der Waals surface area contributed by atoms with Gasteiger partial charge >= 0.3 is 6.18 Å². The molecule has 4 rings (SSSR count). The first-order chi connectivity index (χ1) is 13.2. The predicted molar refractivity (Wildman–Crippen MR) is 96.2 cm³/mol. The average molecular weight is 395 g/mol. The molecule has 2 aliphatic carbocycles. The fourth-order valence-electron chi connectivity index (χ4n) is 4.06. The van der Waals surface area contributed by atoms with Crippen LogP contribution < -0.4 is 5.32 Å². The van der Waals surface area contributed by atoms with Crippen LogP contribution in [0.15, 0.2) is 24.3 Å². The van der Waals surface area contributed by atoms with Crippen LogP contribution in [0.2, 0.25) is 0 Å². The zero-order valence-electron chi connectivity index (χ0n) is 15.4. The van der Waals surface area contributed by atoms with Crippen molar-refractivity contribution in [2.24, 2.45) is 12.5 Å². The van der Waals surface area contributed by atoms with Crippen molar-refractivity contribution in [2.75, 3.05) is 5.32 Å². The summed E-state index contributed by atoms with van der Waals surface area (Å²) in [6, 6.07) is 5.89. The third-order valence-electron chi connectivity index (χ3n) is 6.13. The van der Waals surface area contributed by atoms with Gasteiger partial charge in [0.25, 0.3) is 0 Å². The number of aromatic nitrogens is 2. The first-order valence-corrected chi connectivity index (χ1v) is 9.44. The van der Waals surface area contributed by atoms with Crippen molar-refractivity contribution in [3.05, 3.63) is 35.6 Å². The smallest absolute Gasteiger partial charge is 0.308 e. The molecule has 2 aliphatic rings. The minimum Gasteiger partial charge on any atom is -0.308 e. The molecule has 2 fully saturated rings. The van der Waals surface area contributed by atoms with E-state index in [2.05, 4.69) is 10.4 Å². The summed E-state index contributed by atoms with van der Waals surface area (Å²) in [5.41, 5.74) is -0.162. The molecule has 1 aromatic carbocycles. The van der Waals surface area contributed by atoms with Gasteiger partial charge in [0.15, 0.2) is 5.82 Å². The lowest BCUT2D eigenvalue weighted by molar-refractivity contribution is -0.240. The normalized spacial score (nSPS) is 19.0. The molecule has 2 aromatic rings. The Morgan fingerprint density at radius 1 is 1.18 bits per heavy atom. The highest BCUT2D eigenvalue weighted by atomic mass is 19.4. The Kier molecular flexibility index (Phi) is 4.47. The Labute approximate surface area is 159 Å². The van der Waals surface area contributed by atoms with Crippen molar-refractivity contribution in [3.8, 4) is 11.3 Å². The maximum Gasteiger partial charge on any atom is 0.403 e. The standard InChI is InChI=1S/C20H21F4N3O/c1-27-16(13-6-8-14(21)9-7-13)15(12-4-2-5-12)17(26-27)25-18(28)19(10-3-11-19)20(22,23)24/h6-9,12H,2-5,10-11H2,1H3,(H,25,26,28). The molecule has 150 valence electrons. The highest BCUT2D eigenvalue weighted by Gasteiger charge is 2.63. The predicted octanol–water partition coefficient (Wildman–Crippen LogP) is 5.16. The summed E-state index contributed by atoms with van der Waals surface area (Å²) in [5, 5.41) is 6.82. The summed E-state index contributed by atoms with van der Waals surface area (Å²) < 4.78 is 55.4. The second-order valence-electron chi connectivity index (χ2n) is 7.76. The van der Waals surface area contributed by atoms with Gasteiger partial charge in [-0.1, -0.05) is 12.8 Å². The van der Waals surface area contributed by atoms with Crippen molar-refractivity contribution in [1.29, 1.82) is 0 Å². The molecule has 0 atom stereocenters. The lowest BCUT2D eigenvalue weighted by atomic mass is 9.67. The van der Waals surface area contributed by atoms with E-state index < -0.39 is 17.5 Å². The van der Waals surface area contributed by atoms with Crippen molar-refractivity contribution < 1.29 is 22.4 Å². The van der Waals surface area contributed by atoms with E-state index in [9.17, 15) is 22.4 Å². The maximum absolute atomic E-state index is 13.5. The molecule has 0 aliphatic heterocycles. The van der Waals surface area contributed by atoms with Gasteiger partial charge in [-0.3, -0.25) is 9.48 Å². The highest BCUT2D eigenvalue weighted by molar-refractivity contribution is 5.97. The van der Waals surface area contributed by atoms with Crippen LogP contribution in [0.1, 0.15) is 50.0 Å². The topological polar surface area (TPSA) is 46.9 Å². The van der Waals surface area contributed by atoms with Crippen LogP contribution in [0.4, 0.5) is 23.4 Å². The van der Waals surface area contributed by atoms with Crippen LogP contribution >= 0.6 is 0 Å². The van der Waals surface area contributed by atoms with Crippen molar-refractivity contribution in [1.82, 2.24) is 9.78 Å². The number of carbonyl (C=O) groups excluding carboxylic acids is 1. The minimum absolute atomic E-state index is 0.118. The lowest BCUT2D eigenvalue weighted by Crippen LogP contribution is -2.52. The number of alkyl halides is 3. The van der Waals surface area contributed by atoms with Crippen LogP contribution in [0, 0.1) is 11.2 Å². The summed E-state index contributed by atoms with van der Waals surface area (Å²) in [4.78, 5) is 12.6. The van der Waals surface area contributed by atoms with E-state index in [1.807, 2.05) is 0 Å². The molecule has 4 nitrogen and oxygen atoms in total. The number of hydrogen-bond acceptors (Lipinski definition) is 2. The number of nitrogens with zero attached hydrogens (tertiary/aromatic N) is 2. The lowest BCUT2D eigenvalue weighted by Gasteiger charge is -2.41. The van der Waals surface area contributed by atoms with Gasteiger partial charge in [-0.05, 0) is 55.9 Å². The van der Waals surface area contributed by atoms with Crippen LogP contribution in [0.25, 0.3) is 11.3 Å². The van der Waals surface area contributed by atoms with Crippen molar-refractivity contribution in [3.63, 3.8) is 0 Å². The van der Waals surface area contributed by atoms with E-state index in [1.54, 1.807) is 23.9 Å². The van der Waals surface area contributed by atoms with E-state index in [-0.39, 0.29) is 30.4 Å². The summed E-state index contributed by atoms with van der Waals surface area (Å²) in [7, 11) is 1.68. The fraction of sp³-hybridized carbons (Fsp3) is 0.500. The maximum atomic E-state index is 13.5. The van der Waals surface area contributed by atoms with Gasteiger partial charge in [0.1, 0.15) is 11.2 Å². The van der Waals surface area contributed by atoms with Crippen LogP contribution in [-0.4, -0.2) is 21.9 Å². The molecular formula is C20H21F4N3O. The Bertz CT molecular complexity index is 893. The number of aryl methyl sites for hydroxylation is 1. The first-order valence-electron chi connectivity index (χ1n) is 9.44. The van der Waals surface area contributed by atoms with Crippen molar-refractivity contribution in [2.45, 2.75) is 50.6 Å². The van der Waals surface area contributed by atoms with Gasteiger partial charge in [0.05, 0.1) is 5.69 Å². The number of nitrogens with one attached hydrogen (secondary N) is 1. The van der Waals surface area contributed by atoms with Gasteiger partial charge in [0, 0.05) is 18.2 Å². The Hall–Kier alpha value is -2.38. The number of hydrogen-bond donors (Lipinski definition) is 1. The third-order valence-corrected chi connectivity index (χ3v) is 6.13. The molecule has 28 heavy (non-hydrogen) atoms. The van der Waals surface area contributed by atoms with Crippen molar-refractivity contribution >= 4 is 11.7 Å². The largest absolute Gasteiger partial charge is 0.403 e. The minimum atomic E-state index is -4.58. The molecule has 8 heteroatoms. The molecule has 1 N–H and O–H groups in total. The average Bonchev–Trinajstić information content (AvgIpc) is 2.80. The molecule has 0 saturated heterocycles. The van der Waals surface area contributed by atoms with Crippen LogP contribution in [0.3, 0.4) is 0 Å². The Morgan fingerprint density at radius 3 is 2.29 bits per heavy atom. The number of carbonyl (C=O) groups is 1. The molecule has 1 heterocycles. The number of benzene rings is 1. The van der Waals surface area contributed by atoms with E-state index in [0.29, 0.717) is 17.7 Å². The molecule has 2 saturated carbocycles. The summed E-state index contributed by atoms with van der Waals surface area (Å²) in [6.45, 7) is 0. The van der Waals surface area contributed by atoms with Gasteiger partial charge in [0.2, 0.25) is 5.91 Å². The molecule has 0 radical (unpaired) electrons. The van der Waals surface area contributed by atoms with Crippen LogP contribution in [0.5, 0.6) is 0 Å². The van der Waals surface area contributed by atoms with E-state index in [4.69, 9.17) is 0 Å². The fourth-order valence-corrected chi connectivity index (χ4v) is 4.06. The van der Waals surface area contributed by atoms with E-state index in [0.717, 1.165) is 24.8 Å². The quantitative estimate of drug-likeness (QED) is 0.727. The zero-order valence-corrected chi connectivity index (χ0v) is 15.4. The summed E-state index contributed by atoms with van der Waals surface area (Å²) in [6.07, 6.45) is -1.81. The molecule has 0 spiro atoms. The highest BCUT2D eigenvalue weighted by Crippen LogP contribution is 2.54. The second kappa shape index (κ2) is 6.60. The Morgan fingerprint density at radius 2 is 1.82 bits per heavy atom. The summed E-state index contributed by atoms with van der Waals surface area (Å²) in [5.74, 6) is -1.10. The first kappa shape index (κ1) is 19.0. The molecule has 0 unspecified atom stereocenters. The molecule has 0 bridgehead atoms. The Balaban J connectivity index is 1.73. The van der Waals surface area contributed by atoms with E-state index >= 15 is 0 Å². The SMILES string of the molecule is Cn1nc(NC(=O)C2(C(F)(F)F)CCC2)c(C2CCC2)c1-c1ccc(F)cc1. The second-order valence-corrected chi connectivity index (χ2v) is 7.76. The number of rotatable bonds is 4. The van der Waals surface area contributed by atoms with Crippen LogP contribution in [-0.2, 0) is 11.8 Å². The number of anilines is 1. The van der Waals surface area contributed by atoms with Gasteiger partial charge in [-0.15, -0.1) is 0 Å². The third kappa shape index (κ3) is 2.89. The molecular weight excluding hydrogens is 374 g/mol. The van der Waals surface area contributed by atoms with Gasteiger partial charge in [-0.25, -0.2) is 4.39 Å². The number of halogens is 4. The number of amides is 1. The summed E-state index contributed by atoms with van der Waals surface area (Å²) >= 11 is 0. The molecule has 1 amide bonds.